The minimum Gasteiger partial charge on any atom is -0.184 e. The van der Waals surface area contributed by atoms with Crippen molar-refractivity contribution < 1.29 is 32.7 Å². The number of benzene rings is 1. The monoisotopic (exact) mass is 194 g/mol. The van der Waals surface area contributed by atoms with Gasteiger partial charge in [0.05, 0.1) is 0 Å². The first-order valence-corrected chi connectivity index (χ1v) is 2.88. The first kappa shape index (κ1) is 9.32. The van der Waals surface area contributed by atoms with Gasteiger partial charge in [-0.05, 0) is 0 Å². The maximum absolute atomic E-state index is 3.01. The van der Waals surface area contributed by atoms with Gasteiger partial charge in [0.2, 0.25) is 0 Å². The molecule has 0 saturated carbocycles. The van der Waals surface area contributed by atoms with Gasteiger partial charge in [0.1, 0.15) is 0 Å². The van der Waals surface area contributed by atoms with Crippen molar-refractivity contribution in [2.75, 3.05) is 0 Å². The Kier molecular flexibility index (Phi) is 5.32. The Morgan fingerprint density at radius 3 is 2.67 bits per heavy atom. The maximum Gasteiger partial charge on any atom is 0 e. The smallest absolute Gasteiger partial charge is 0 e. The molecule has 45 valence electrons. The fourth-order valence-electron chi connectivity index (χ4n) is 0.650. The van der Waals surface area contributed by atoms with Crippen LogP contribution in [0.2, 0.25) is 0 Å². The van der Waals surface area contributed by atoms with E-state index in [4.69, 9.17) is 0 Å². The zero-order chi connectivity index (χ0) is 5.82. The fraction of sp³-hybridized carbons (Fsp3) is 0.250. The summed E-state index contributed by atoms with van der Waals surface area (Å²) < 4.78 is 0. The third-order valence-electron chi connectivity index (χ3n) is 1.18. The second kappa shape index (κ2) is 5.14. The molecule has 9 heavy (non-hydrogen) atoms. The summed E-state index contributed by atoms with van der Waals surface area (Å²) >= 11 is 0. The molecule has 0 aliphatic heterocycles. The molecule has 0 amide bonds. The molecule has 1 radical (unpaired) electrons. The molecule has 0 unspecified atom stereocenters. The number of rotatable bonds is 1. The van der Waals surface area contributed by atoms with Crippen LogP contribution in [0.25, 0.3) is 0 Å². The van der Waals surface area contributed by atoms with Crippen LogP contribution in [0.4, 0.5) is 0 Å². The van der Waals surface area contributed by atoms with Crippen LogP contribution in [-0.4, -0.2) is 0 Å². The van der Waals surface area contributed by atoms with Crippen LogP contribution in [0.3, 0.4) is 0 Å². The molecule has 0 heterocycles. The molecule has 0 aliphatic carbocycles. The molecule has 0 nitrogen and oxygen atoms in total. The molecule has 1 rings (SSSR count). The van der Waals surface area contributed by atoms with Crippen molar-refractivity contribution in [3.05, 3.63) is 35.9 Å². The fourth-order valence-corrected chi connectivity index (χ4v) is 0.650. The standard InChI is InChI=1S/C8H9.Y/c1-2-8-6-4-3-5-7-8;/h3-4,6-7H,2H2,1H3;/q-1;. The summed E-state index contributed by atoms with van der Waals surface area (Å²) in [5.41, 5.74) is 1.35. The van der Waals surface area contributed by atoms with Gasteiger partial charge in [0.25, 0.3) is 0 Å². The molecule has 0 fully saturated rings. The quantitative estimate of drug-likeness (QED) is 0.600. The minimum atomic E-state index is 0. The van der Waals surface area contributed by atoms with E-state index in [1.54, 1.807) is 0 Å². The van der Waals surface area contributed by atoms with E-state index in [-0.39, 0.29) is 32.7 Å². The molecular formula is C8H9Y-. The third kappa shape index (κ3) is 3.12. The van der Waals surface area contributed by atoms with Gasteiger partial charge in [0, 0.05) is 32.7 Å². The summed E-state index contributed by atoms with van der Waals surface area (Å²) in [5.74, 6) is 0. The summed E-state index contributed by atoms with van der Waals surface area (Å²) in [6, 6.07) is 11.1. The van der Waals surface area contributed by atoms with Crippen molar-refractivity contribution in [2.45, 2.75) is 13.3 Å². The molecule has 1 heteroatoms. The number of aryl methyl sites for hydroxylation is 1. The van der Waals surface area contributed by atoms with Crippen molar-refractivity contribution in [1.29, 1.82) is 0 Å². The van der Waals surface area contributed by atoms with Gasteiger partial charge in [-0.25, -0.2) is 0 Å². The largest absolute Gasteiger partial charge is 0.184 e. The Balaban J connectivity index is 0.000000640. The minimum absolute atomic E-state index is 0. The van der Waals surface area contributed by atoms with Crippen LogP contribution >= 0.6 is 0 Å². The van der Waals surface area contributed by atoms with E-state index in [0.717, 1.165) is 6.42 Å². The van der Waals surface area contributed by atoms with Gasteiger partial charge in [-0.15, -0.1) is 0 Å². The summed E-state index contributed by atoms with van der Waals surface area (Å²) in [7, 11) is 0. The Morgan fingerprint density at radius 1 is 1.56 bits per heavy atom. The van der Waals surface area contributed by atoms with Crippen LogP contribution in [-0.2, 0) is 39.1 Å². The van der Waals surface area contributed by atoms with E-state index in [1.807, 2.05) is 18.2 Å². The van der Waals surface area contributed by atoms with Gasteiger partial charge in [-0.3, -0.25) is 0 Å². The van der Waals surface area contributed by atoms with Crippen LogP contribution in [0.5, 0.6) is 0 Å². The third-order valence-corrected chi connectivity index (χ3v) is 1.18. The molecular weight excluding hydrogens is 185 g/mol. The number of hydrogen-bond acceptors (Lipinski definition) is 0. The van der Waals surface area contributed by atoms with Gasteiger partial charge >= 0.3 is 0 Å². The summed E-state index contributed by atoms with van der Waals surface area (Å²) in [6.07, 6.45) is 1.11. The molecule has 0 bridgehead atoms. The van der Waals surface area contributed by atoms with Crippen molar-refractivity contribution in [2.24, 2.45) is 0 Å². The Labute approximate surface area is 81.5 Å². The van der Waals surface area contributed by atoms with E-state index in [2.05, 4.69) is 19.1 Å². The van der Waals surface area contributed by atoms with E-state index >= 15 is 0 Å². The topological polar surface area (TPSA) is 0 Å². The molecule has 1 aromatic carbocycles. The van der Waals surface area contributed by atoms with Crippen LogP contribution in [0.1, 0.15) is 12.5 Å². The van der Waals surface area contributed by atoms with Crippen LogP contribution in [0, 0.1) is 6.07 Å². The zero-order valence-corrected chi connectivity index (χ0v) is 8.43. The van der Waals surface area contributed by atoms with Crippen molar-refractivity contribution in [3.8, 4) is 0 Å². The van der Waals surface area contributed by atoms with E-state index in [9.17, 15) is 0 Å². The first-order chi connectivity index (χ1) is 3.93. The predicted octanol–water partition coefficient (Wildman–Crippen LogP) is 2.05. The van der Waals surface area contributed by atoms with E-state index in [1.165, 1.54) is 5.56 Å². The van der Waals surface area contributed by atoms with Gasteiger partial charge < -0.3 is 0 Å². The molecule has 0 saturated heterocycles. The van der Waals surface area contributed by atoms with Gasteiger partial charge in [0.15, 0.2) is 0 Å². The number of hydrogen-bond donors (Lipinski definition) is 0. The molecule has 0 N–H and O–H groups in total. The molecule has 0 aromatic heterocycles. The second-order valence-electron chi connectivity index (χ2n) is 1.77. The van der Waals surface area contributed by atoms with E-state index in [0.29, 0.717) is 0 Å². The van der Waals surface area contributed by atoms with E-state index < -0.39 is 0 Å². The van der Waals surface area contributed by atoms with Gasteiger partial charge in [-0.1, -0.05) is 13.3 Å². The second-order valence-corrected chi connectivity index (χ2v) is 1.77. The Morgan fingerprint density at radius 2 is 2.33 bits per heavy atom. The van der Waals surface area contributed by atoms with Crippen molar-refractivity contribution >= 4 is 0 Å². The molecule has 0 spiro atoms. The predicted molar refractivity (Wildman–Crippen MR) is 34.7 cm³/mol. The maximum atomic E-state index is 3.01. The van der Waals surface area contributed by atoms with Crippen LogP contribution < -0.4 is 0 Å². The van der Waals surface area contributed by atoms with Crippen molar-refractivity contribution in [1.82, 2.24) is 0 Å². The molecule has 1 aromatic rings. The summed E-state index contributed by atoms with van der Waals surface area (Å²) in [5, 5.41) is 0. The Hall–Kier alpha value is 0.324. The molecule has 0 atom stereocenters. The molecule has 0 aliphatic rings. The first-order valence-electron chi connectivity index (χ1n) is 2.88. The Bertz CT molecular complexity index is 146. The average Bonchev–Trinajstić information content (AvgIpc) is 1.90. The average molecular weight is 194 g/mol. The SMILES string of the molecule is CCc1c[c-]ccc1.[Y]. The van der Waals surface area contributed by atoms with Gasteiger partial charge in [-0.2, -0.15) is 35.9 Å². The normalized spacial score (nSPS) is 8.11. The summed E-state index contributed by atoms with van der Waals surface area (Å²) in [6.45, 7) is 2.14. The van der Waals surface area contributed by atoms with Crippen LogP contribution in [0.15, 0.2) is 24.3 Å². The van der Waals surface area contributed by atoms with Crippen molar-refractivity contribution in [3.63, 3.8) is 0 Å². The zero-order valence-electron chi connectivity index (χ0n) is 5.59. The summed E-state index contributed by atoms with van der Waals surface area (Å²) in [4.78, 5) is 0.